The molecule has 0 aliphatic rings. The molecular weight excluding hydrogens is 862 g/mol. The van der Waals surface area contributed by atoms with Gasteiger partial charge < -0.3 is 0 Å². The molecule has 0 saturated heterocycles. The summed E-state index contributed by atoms with van der Waals surface area (Å²) >= 11 is 0.0804. The third-order valence-electron chi connectivity index (χ3n) is 14.0. The van der Waals surface area contributed by atoms with Crippen molar-refractivity contribution in [1.82, 2.24) is 4.57 Å². The van der Waals surface area contributed by atoms with Crippen LogP contribution in [0.5, 0.6) is 0 Å². The largest absolute Gasteiger partial charge is 0.0617 e. The molecule has 0 unspecified atom stereocenters. The molecule has 0 aliphatic carbocycles. The number of rotatable bonds is 5. The SMILES string of the molecule is c1ccc(-c2ccc3c(c2)c2ccccc2n3-c2c3ccccc3c(-c3cccc4c3[se]c3cccc(-c5c6ccccc6c(-c6ccccc6)c6ccccc56)c34)c3ccccc23)cc1. The van der Waals surface area contributed by atoms with Crippen LogP contribution >= 0.6 is 0 Å². The van der Waals surface area contributed by atoms with Gasteiger partial charge in [0.15, 0.2) is 0 Å². The molecule has 0 fully saturated rings. The summed E-state index contributed by atoms with van der Waals surface area (Å²) in [6.07, 6.45) is 0. The van der Waals surface area contributed by atoms with Crippen molar-refractivity contribution >= 4 is 98.7 Å². The molecule has 0 bridgehead atoms. The quantitative estimate of drug-likeness (QED) is 0.120. The molecule has 0 amide bonds. The normalized spacial score (nSPS) is 11.9. The Morgan fingerprint density at radius 3 is 1.36 bits per heavy atom. The number of fused-ring (bicyclic) bond motifs is 10. The Morgan fingerprint density at radius 2 is 0.727 bits per heavy atom. The van der Waals surface area contributed by atoms with E-state index < -0.39 is 0 Å². The summed E-state index contributed by atoms with van der Waals surface area (Å²) in [4.78, 5) is 0. The monoisotopic (exact) mass is 901 g/mol. The third kappa shape index (κ3) is 5.47. The standard InChI is InChI=1S/C64H39NSe/c1-3-19-40(20-4-1)42-37-38-57-55(39-42)43-23-15-16-35-56(43)65(57)63-50-30-13-11-28-48(50)61(49-29-12-14-31-51(49)63)53-33-17-34-54-62-52(32-18-36-58(62)66-64(53)54)60-46-26-9-7-24-44(46)59(41-21-5-2-6-22-41)45-25-8-10-27-47(45)60/h1-39H. The van der Waals surface area contributed by atoms with Crippen LogP contribution in [0.1, 0.15) is 0 Å². The van der Waals surface area contributed by atoms with Crippen molar-refractivity contribution in [2.45, 2.75) is 0 Å². The molecule has 14 rings (SSSR count). The second-order valence-electron chi connectivity index (χ2n) is 17.4. The van der Waals surface area contributed by atoms with E-state index in [2.05, 4.69) is 241 Å². The van der Waals surface area contributed by atoms with Crippen LogP contribution in [0.4, 0.5) is 0 Å². The van der Waals surface area contributed by atoms with Crippen LogP contribution in [0.25, 0.3) is 134 Å². The number of aromatic nitrogens is 1. The van der Waals surface area contributed by atoms with E-state index >= 15 is 0 Å². The van der Waals surface area contributed by atoms with E-state index in [0.717, 1.165) is 0 Å². The van der Waals surface area contributed by atoms with Crippen LogP contribution in [0.3, 0.4) is 0 Å². The van der Waals surface area contributed by atoms with Crippen molar-refractivity contribution in [3.8, 4) is 50.2 Å². The minimum Gasteiger partial charge on any atom is -0.0617 e. The van der Waals surface area contributed by atoms with Gasteiger partial charge in [-0.2, -0.15) is 0 Å². The number of benzene rings is 12. The van der Waals surface area contributed by atoms with E-state index in [4.69, 9.17) is 0 Å². The molecule has 2 heteroatoms. The molecule has 2 heterocycles. The zero-order valence-electron chi connectivity index (χ0n) is 35.9. The van der Waals surface area contributed by atoms with Gasteiger partial charge in [-0.1, -0.05) is 30.3 Å². The predicted molar refractivity (Wildman–Crippen MR) is 285 cm³/mol. The Morgan fingerprint density at radius 1 is 0.273 bits per heavy atom. The van der Waals surface area contributed by atoms with E-state index in [1.54, 1.807) is 0 Å². The van der Waals surface area contributed by atoms with Crippen LogP contribution in [0, 0.1) is 0 Å². The summed E-state index contributed by atoms with van der Waals surface area (Å²) < 4.78 is 5.43. The summed E-state index contributed by atoms with van der Waals surface area (Å²) in [5.74, 6) is 0. The first kappa shape index (κ1) is 37.4. The van der Waals surface area contributed by atoms with Gasteiger partial charge in [0.25, 0.3) is 0 Å². The molecule has 0 saturated carbocycles. The minimum absolute atomic E-state index is 0.0804. The average Bonchev–Trinajstić information content (AvgIpc) is 3.94. The van der Waals surface area contributed by atoms with Gasteiger partial charge in [0.1, 0.15) is 0 Å². The maximum Gasteiger partial charge on any atom is -0.0544 e. The fraction of sp³-hybridized carbons (Fsp3) is 0. The second kappa shape index (κ2) is 14.8. The van der Waals surface area contributed by atoms with Gasteiger partial charge in [-0.15, -0.1) is 0 Å². The van der Waals surface area contributed by atoms with Gasteiger partial charge in [0.2, 0.25) is 0 Å². The summed E-state index contributed by atoms with van der Waals surface area (Å²) in [6.45, 7) is 0. The van der Waals surface area contributed by atoms with Gasteiger partial charge in [-0.25, -0.2) is 0 Å². The molecule has 0 spiro atoms. The zero-order chi connectivity index (χ0) is 43.3. The molecular formula is C64H39NSe. The predicted octanol–water partition coefficient (Wildman–Crippen LogP) is 17.4. The second-order valence-corrected chi connectivity index (χ2v) is 19.6. The summed E-state index contributed by atoms with van der Waals surface area (Å²) in [5, 5.41) is 15.4. The van der Waals surface area contributed by atoms with E-state index in [1.807, 2.05) is 0 Å². The molecule has 66 heavy (non-hydrogen) atoms. The summed E-state index contributed by atoms with van der Waals surface area (Å²) in [7, 11) is 0. The smallest absolute Gasteiger partial charge is 0.0544 e. The Bertz CT molecular complexity index is 4160. The van der Waals surface area contributed by atoms with E-state index in [9.17, 15) is 0 Å². The molecule has 1 nitrogen and oxygen atoms in total. The molecule has 12 aromatic carbocycles. The van der Waals surface area contributed by atoms with Crippen molar-refractivity contribution in [2.24, 2.45) is 0 Å². The molecule has 0 atom stereocenters. The Kier molecular flexibility index (Phi) is 8.37. The van der Waals surface area contributed by atoms with E-state index in [-0.39, 0.29) is 14.5 Å². The van der Waals surface area contributed by atoms with E-state index in [1.165, 1.54) is 134 Å². The summed E-state index contributed by atoms with van der Waals surface area (Å²) in [5.41, 5.74) is 13.9. The van der Waals surface area contributed by atoms with Crippen molar-refractivity contribution in [1.29, 1.82) is 0 Å². The van der Waals surface area contributed by atoms with Gasteiger partial charge in [-0.05, 0) is 0 Å². The van der Waals surface area contributed by atoms with Gasteiger partial charge >= 0.3 is 360 Å². The van der Waals surface area contributed by atoms with Crippen LogP contribution < -0.4 is 0 Å². The molecule has 0 N–H and O–H groups in total. The molecule has 306 valence electrons. The average molecular weight is 901 g/mol. The van der Waals surface area contributed by atoms with Gasteiger partial charge in [-0.3, -0.25) is 0 Å². The molecule has 0 aliphatic heterocycles. The van der Waals surface area contributed by atoms with Crippen LogP contribution in [-0.2, 0) is 0 Å². The number of para-hydroxylation sites is 1. The zero-order valence-corrected chi connectivity index (χ0v) is 37.6. The minimum atomic E-state index is 0.0804. The third-order valence-corrected chi connectivity index (χ3v) is 16.5. The van der Waals surface area contributed by atoms with Crippen molar-refractivity contribution in [3.63, 3.8) is 0 Å². The van der Waals surface area contributed by atoms with Gasteiger partial charge in [0.05, 0.1) is 0 Å². The number of hydrogen-bond donors (Lipinski definition) is 0. The van der Waals surface area contributed by atoms with Crippen LogP contribution in [0.2, 0.25) is 0 Å². The molecule has 14 aromatic rings. The summed E-state index contributed by atoms with van der Waals surface area (Å²) in [6, 6.07) is 88.1. The maximum atomic E-state index is 2.53. The Hall–Kier alpha value is -8.00. The fourth-order valence-electron chi connectivity index (χ4n) is 11.2. The maximum absolute atomic E-state index is 2.53. The molecule has 2 aromatic heterocycles. The van der Waals surface area contributed by atoms with Crippen molar-refractivity contribution < 1.29 is 0 Å². The molecule has 0 radical (unpaired) electrons. The number of nitrogens with zero attached hydrogens (tertiary/aromatic N) is 1. The van der Waals surface area contributed by atoms with Crippen molar-refractivity contribution in [3.05, 3.63) is 237 Å². The van der Waals surface area contributed by atoms with Crippen LogP contribution in [0.15, 0.2) is 237 Å². The first-order valence-electron chi connectivity index (χ1n) is 22.8. The van der Waals surface area contributed by atoms with Crippen LogP contribution in [-0.4, -0.2) is 19.1 Å². The van der Waals surface area contributed by atoms with Gasteiger partial charge in [0, 0.05) is 0 Å². The van der Waals surface area contributed by atoms with Crippen molar-refractivity contribution in [2.75, 3.05) is 0 Å². The first-order valence-corrected chi connectivity index (χ1v) is 24.5. The fourth-order valence-corrected chi connectivity index (χ4v) is 13.9. The Labute approximate surface area is 387 Å². The van der Waals surface area contributed by atoms with E-state index in [0.29, 0.717) is 0 Å². The Balaban J connectivity index is 1.04. The first-order chi connectivity index (χ1) is 32.8. The number of hydrogen-bond acceptors (Lipinski definition) is 0. The topological polar surface area (TPSA) is 4.93 Å².